The maximum Gasteiger partial charge on any atom is 0.316 e. The summed E-state index contributed by atoms with van der Waals surface area (Å²) in [5.74, 6) is -1.00. The summed E-state index contributed by atoms with van der Waals surface area (Å²) >= 11 is 0. The third kappa shape index (κ3) is 3.32. The molecular formula is C14H12FN3O2. The lowest BCUT2D eigenvalue weighted by atomic mass is 10.2. The van der Waals surface area contributed by atoms with E-state index >= 15 is 0 Å². The highest BCUT2D eigenvalue weighted by Gasteiger charge is 2.09. The first-order chi connectivity index (χ1) is 9.56. The molecule has 3 amide bonds. The third-order valence-corrected chi connectivity index (χ3v) is 2.51. The van der Waals surface area contributed by atoms with Crippen LogP contribution in [0.15, 0.2) is 48.5 Å². The van der Waals surface area contributed by atoms with Gasteiger partial charge in [-0.05, 0) is 30.3 Å². The highest BCUT2D eigenvalue weighted by Crippen LogP contribution is 2.16. The molecule has 0 aromatic heterocycles. The number of rotatable bonds is 3. The summed E-state index contributed by atoms with van der Waals surface area (Å²) in [6, 6.07) is 11.3. The monoisotopic (exact) mass is 273 g/mol. The molecule has 102 valence electrons. The van der Waals surface area contributed by atoms with Gasteiger partial charge in [0.2, 0.25) is 0 Å². The van der Waals surface area contributed by atoms with Crippen LogP contribution in [0, 0.1) is 5.82 Å². The van der Waals surface area contributed by atoms with Gasteiger partial charge in [0.05, 0.1) is 5.69 Å². The maximum atomic E-state index is 13.4. The van der Waals surface area contributed by atoms with E-state index in [1.807, 2.05) is 0 Å². The molecule has 0 atom stereocenters. The number of para-hydroxylation sites is 1. The molecular weight excluding hydrogens is 261 g/mol. The number of amides is 3. The number of urea groups is 1. The SMILES string of the molecule is NC(=O)Nc1cccc(C(=O)Nc2ccccc2F)c1. The number of hydrogen-bond acceptors (Lipinski definition) is 2. The van der Waals surface area contributed by atoms with E-state index in [4.69, 9.17) is 5.73 Å². The quantitative estimate of drug-likeness (QED) is 0.803. The molecule has 20 heavy (non-hydrogen) atoms. The van der Waals surface area contributed by atoms with Gasteiger partial charge in [-0.25, -0.2) is 9.18 Å². The molecule has 0 aliphatic rings. The minimum atomic E-state index is -0.725. The zero-order chi connectivity index (χ0) is 14.5. The second-order valence-corrected chi connectivity index (χ2v) is 4.00. The first kappa shape index (κ1) is 13.5. The molecule has 0 aliphatic carbocycles. The van der Waals surface area contributed by atoms with Crippen LogP contribution in [-0.2, 0) is 0 Å². The summed E-state index contributed by atoms with van der Waals surface area (Å²) < 4.78 is 13.4. The molecule has 0 bridgehead atoms. The molecule has 0 fully saturated rings. The van der Waals surface area contributed by atoms with Crippen molar-refractivity contribution in [3.8, 4) is 0 Å². The number of carbonyl (C=O) groups excluding carboxylic acids is 2. The summed E-state index contributed by atoms with van der Waals surface area (Å²) in [5, 5.41) is 4.81. The summed E-state index contributed by atoms with van der Waals surface area (Å²) in [4.78, 5) is 22.7. The largest absolute Gasteiger partial charge is 0.351 e. The fourth-order valence-corrected chi connectivity index (χ4v) is 1.64. The number of benzene rings is 2. The molecule has 2 aromatic rings. The van der Waals surface area contributed by atoms with E-state index < -0.39 is 17.8 Å². The van der Waals surface area contributed by atoms with E-state index in [2.05, 4.69) is 10.6 Å². The van der Waals surface area contributed by atoms with Gasteiger partial charge in [0.15, 0.2) is 0 Å². The van der Waals surface area contributed by atoms with Crippen LogP contribution in [0.5, 0.6) is 0 Å². The molecule has 0 saturated heterocycles. The van der Waals surface area contributed by atoms with Crippen LogP contribution in [0.1, 0.15) is 10.4 Å². The van der Waals surface area contributed by atoms with Crippen molar-refractivity contribution >= 4 is 23.3 Å². The zero-order valence-electron chi connectivity index (χ0n) is 10.4. The molecule has 5 nitrogen and oxygen atoms in total. The third-order valence-electron chi connectivity index (χ3n) is 2.51. The van der Waals surface area contributed by atoms with E-state index in [0.29, 0.717) is 5.69 Å². The Labute approximate surface area is 114 Å². The highest BCUT2D eigenvalue weighted by atomic mass is 19.1. The van der Waals surface area contributed by atoms with Crippen LogP contribution < -0.4 is 16.4 Å². The molecule has 0 unspecified atom stereocenters. The number of nitrogens with two attached hydrogens (primary N) is 1. The van der Waals surface area contributed by atoms with Gasteiger partial charge in [-0.2, -0.15) is 0 Å². The second-order valence-electron chi connectivity index (χ2n) is 4.00. The molecule has 2 rings (SSSR count). The van der Waals surface area contributed by atoms with Gasteiger partial charge in [-0.3, -0.25) is 4.79 Å². The number of halogens is 1. The Morgan fingerprint density at radius 2 is 1.75 bits per heavy atom. The lowest BCUT2D eigenvalue weighted by Gasteiger charge is -2.07. The topological polar surface area (TPSA) is 84.2 Å². The highest BCUT2D eigenvalue weighted by molar-refractivity contribution is 6.05. The van der Waals surface area contributed by atoms with Gasteiger partial charge in [0, 0.05) is 11.3 Å². The predicted octanol–water partition coefficient (Wildman–Crippen LogP) is 2.57. The van der Waals surface area contributed by atoms with Crippen molar-refractivity contribution in [3.05, 3.63) is 59.9 Å². The van der Waals surface area contributed by atoms with Crippen molar-refractivity contribution in [2.45, 2.75) is 0 Å². The van der Waals surface area contributed by atoms with Crippen molar-refractivity contribution < 1.29 is 14.0 Å². The zero-order valence-corrected chi connectivity index (χ0v) is 10.4. The molecule has 0 heterocycles. The van der Waals surface area contributed by atoms with Crippen LogP contribution in [-0.4, -0.2) is 11.9 Å². The molecule has 0 aliphatic heterocycles. The van der Waals surface area contributed by atoms with Gasteiger partial charge in [0.25, 0.3) is 5.91 Å². The van der Waals surface area contributed by atoms with Crippen LogP contribution in [0.25, 0.3) is 0 Å². The van der Waals surface area contributed by atoms with E-state index in [9.17, 15) is 14.0 Å². The standard InChI is InChI=1S/C14H12FN3O2/c15-11-6-1-2-7-12(11)18-13(19)9-4-3-5-10(8-9)17-14(16)20/h1-8H,(H,18,19)(H3,16,17,20). The number of hydrogen-bond donors (Lipinski definition) is 3. The van der Waals surface area contributed by atoms with Crippen molar-refractivity contribution in [1.29, 1.82) is 0 Å². The fourth-order valence-electron chi connectivity index (χ4n) is 1.64. The predicted molar refractivity (Wildman–Crippen MR) is 74.0 cm³/mol. The van der Waals surface area contributed by atoms with Gasteiger partial charge < -0.3 is 16.4 Å². The van der Waals surface area contributed by atoms with Crippen molar-refractivity contribution in [3.63, 3.8) is 0 Å². The molecule has 4 N–H and O–H groups in total. The molecule has 0 radical (unpaired) electrons. The Bertz CT molecular complexity index is 658. The number of nitrogens with one attached hydrogen (secondary N) is 2. The van der Waals surface area contributed by atoms with E-state index in [1.54, 1.807) is 24.3 Å². The summed E-state index contributed by atoms with van der Waals surface area (Å²) in [7, 11) is 0. The number of carbonyl (C=O) groups is 2. The van der Waals surface area contributed by atoms with Crippen LogP contribution in [0.4, 0.5) is 20.6 Å². The Balaban J connectivity index is 2.17. The molecule has 2 aromatic carbocycles. The normalized spacial score (nSPS) is 9.85. The second kappa shape index (κ2) is 5.83. The van der Waals surface area contributed by atoms with Crippen LogP contribution in [0.2, 0.25) is 0 Å². The number of primary amides is 1. The van der Waals surface area contributed by atoms with Gasteiger partial charge in [-0.15, -0.1) is 0 Å². The minimum Gasteiger partial charge on any atom is -0.351 e. The van der Waals surface area contributed by atoms with E-state index in [1.165, 1.54) is 24.3 Å². The van der Waals surface area contributed by atoms with Crippen LogP contribution in [0.3, 0.4) is 0 Å². The summed E-state index contributed by atoms with van der Waals surface area (Å²) in [6.07, 6.45) is 0. The molecule has 0 saturated carbocycles. The van der Waals surface area contributed by atoms with E-state index in [0.717, 1.165) is 0 Å². The van der Waals surface area contributed by atoms with Crippen LogP contribution >= 0.6 is 0 Å². The lowest BCUT2D eigenvalue weighted by molar-refractivity contribution is 0.102. The van der Waals surface area contributed by atoms with E-state index in [-0.39, 0.29) is 11.3 Å². The van der Waals surface area contributed by atoms with Crippen molar-refractivity contribution in [1.82, 2.24) is 0 Å². The van der Waals surface area contributed by atoms with Crippen molar-refractivity contribution in [2.75, 3.05) is 10.6 Å². The first-order valence-electron chi connectivity index (χ1n) is 5.78. The minimum absolute atomic E-state index is 0.0887. The van der Waals surface area contributed by atoms with Gasteiger partial charge >= 0.3 is 6.03 Å². The molecule has 6 heteroatoms. The average molecular weight is 273 g/mol. The smallest absolute Gasteiger partial charge is 0.316 e. The number of anilines is 2. The Morgan fingerprint density at radius 1 is 1.00 bits per heavy atom. The Hall–Kier alpha value is -2.89. The maximum absolute atomic E-state index is 13.4. The average Bonchev–Trinajstić information content (AvgIpc) is 2.41. The Kier molecular flexibility index (Phi) is 3.95. The van der Waals surface area contributed by atoms with Gasteiger partial charge in [0.1, 0.15) is 5.82 Å². The lowest BCUT2D eigenvalue weighted by Crippen LogP contribution is -2.20. The molecule has 0 spiro atoms. The first-order valence-corrected chi connectivity index (χ1v) is 5.78. The Morgan fingerprint density at radius 3 is 2.45 bits per heavy atom. The fraction of sp³-hybridized carbons (Fsp3) is 0. The summed E-state index contributed by atoms with van der Waals surface area (Å²) in [5.41, 5.74) is 5.75. The van der Waals surface area contributed by atoms with Gasteiger partial charge in [-0.1, -0.05) is 18.2 Å². The van der Waals surface area contributed by atoms with Crippen molar-refractivity contribution in [2.24, 2.45) is 5.73 Å². The summed E-state index contributed by atoms with van der Waals surface area (Å²) in [6.45, 7) is 0.